The number of β-amino-alcohol motifs (C(OH)–C–C–N with tert-alkyl or cyclic N) is 1. The van der Waals surface area contributed by atoms with E-state index in [0.717, 1.165) is 47.1 Å². The highest BCUT2D eigenvalue weighted by Gasteiger charge is 2.31. The van der Waals surface area contributed by atoms with Crippen LogP contribution in [-0.4, -0.2) is 83.4 Å². The predicted molar refractivity (Wildman–Crippen MR) is 134 cm³/mol. The van der Waals surface area contributed by atoms with Gasteiger partial charge in [-0.15, -0.1) is 0 Å². The zero-order valence-electron chi connectivity index (χ0n) is 19.6. The quantitative estimate of drug-likeness (QED) is 0.530. The smallest absolute Gasteiger partial charge is 0.208 e. The lowest BCUT2D eigenvalue weighted by Crippen LogP contribution is -2.51. The molecule has 10 nitrogen and oxygen atoms in total. The van der Waals surface area contributed by atoms with E-state index < -0.39 is 0 Å². The van der Waals surface area contributed by atoms with Crippen LogP contribution in [0.4, 0.5) is 11.8 Å². The van der Waals surface area contributed by atoms with Crippen LogP contribution in [0.2, 0.25) is 0 Å². The van der Waals surface area contributed by atoms with Gasteiger partial charge in [0.25, 0.3) is 0 Å². The molecule has 5 rings (SSSR count). The number of nitrogens with zero attached hydrogens (tertiary/aromatic N) is 7. The van der Waals surface area contributed by atoms with Gasteiger partial charge in [0.15, 0.2) is 22.8 Å². The molecular weight excluding hydrogens is 432 g/mol. The fourth-order valence-electron chi connectivity index (χ4n) is 4.34. The number of benzene rings is 1. The molecule has 0 unspecified atom stereocenters. The third-order valence-electron chi connectivity index (χ3n) is 6.19. The minimum atomic E-state index is -0.315. The average molecular weight is 463 g/mol. The number of fused-ring (bicyclic) bond motifs is 1. The molecule has 2 fully saturated rings. The zero-order chi connectivity index (χ0) is 23.7. The number of aromatic nitrogens is 4. The second-order valence-electron chi connectivity index (χ2n) is 8.47. The Labute approximate surface area is 198 Å². The van der Waals surface area contributed by atoms with Crippen molar-refractivity contribution in [2.24, 2.45) is 10.7 Å². The summed E-state index contributed by atoms with van der Waals surface area (Å²) < 4.78 is 7.67. The van der Waals surface area contributed by atoms with Crippen molar-refractivity contribution in [3.8, 4) is 11.4 Å². The second kappa shape index (κ2) is 9.40. The highest BCUT2D eigenvalue weighted by atomic mass is 16.5. The van der Waals surface area contributed by atoms with Crippen LogP contribution in [0.5, 0.6) is 0 Å². The van der Waals surface area contributed by atoms with Crippen molar-refractivity contribution in [2.45, 2.75) is 19.6 Å². The summed E-state index contributed by atoms with van der Waals surface area (Å²) in [6, 6.07) is 7.91. The number of aliphatic imine (C=N–C) groups is 1. The van der Waals surface area contributed by atoms with Crippen LogP contribution in [0.15, 0.2) is 35.3 Å². The lowest BCUT2D eigenvalue weighted by molar-refractivity contribution is 0.122. The summed E-state index contributed by atoms with van der Waals surface area (Å²) in [7, 11) is 1.71. The van der Waals surface area contributed by atoms with Crippen molar-refractivity contribution in [3.63, 3.8) is 0 Å². The number of morpholine rings is 1. The van der Waals surface area contributed by atoms with Gasteiger partial charge in [0.2, 0.25) is 5.95 Å². The monoisotopic (exact) mass is 462 g/mol. The van der Waals surface area contributed by atoms with E-state index in [1.807, 2.05) is 24.3 Å². The van der Waals surface area contributed by atoms with Crippen LogP contribution in [0.25, 0.3) is 28.2 Å². The average Bonchev–Trinajstić information content (AvgIpc) is 3.23. The lowest BCUT2D eigenvalue weighted by atomic mass is 10.1. The number of hydrogen-bond acceptors (Lipinski definition) is 9. The maximum Gasteiger partial charge on any atom is 0.208 e. The fourth-order valence-corrected chi connectivity index (χ4v) is 4.34. The van der Waals surface area contributed by atoms with E-state index in [0.29, 0.717) is 44.4 Å². The van der Waals surface area contributed by atoms with Gasteiger partial charge in [0.05, 0.1) is 19.3 Å². The molecule has 3 aromatic rings. The van der Waals surface area contributed by atoms with E-state index in [1.165, 1.54) is 0 Å². The van der Waals surface area contributed by atoms with Crippen molar-refractivity contribution in [1.29, 1.82) is 0 Å². The molecule has 10 heteroatoms. The van der Waals surface area contributed by atoms with E-state index in [-0.39, 0.29) is 6.10 Å². The van der Waals surface area contributed by atoms with Crippen LogP contribution in [0.3, 0.4) is 0 Å². The Morgan fingerprint density at radius 3 is 2.71 bits per heavy atom. The van der Waals surface area contributed by atoms with Crippen molar-refractivity contribution in [3.05, 3.63) is 35.9 Å². The number of anilines is 2. The molecule has 0 bridgehead atoms. The second-order valence-corrected chi connectivity index (χ2v) is 8.47. The molecule has 0 aliphatic carbocycles. The molecule has 178 valence electrons. The Kier molecular flexibility index (Phi) is 6.16. The van der Waals surface area contributed by atoms with Gasteiger partial charge < -0.3 is 25.4 Å². The molecule has 1 aromatic carbocycles. The van der Waals surface area contributed by atoms with Crippen LogP contribution in [0.1, 0.15) is 12.5 Å². The molecule has 2 aliphatic heterocycles. The third-order valence-corrected chi connectivity index (χ3v) is 6.19. The minimum absolute atomic E-state index is 0.315. The lowest BCUT2D eigenvalue weighted by Gasteiger charge is -2.36. The Morgan fingerprint density at radius 1 is 1.21 bits per heavy atom. The number of aliphatic hydroxyl groups is 1. The van der Waals surface area contributed by atoms with Gasteiger partial charge in [-0.25, -0.2) is 15.0 Å². The van der Waals surface area contributed by atoms with Crippen molar-refractivity contribution in [2.75, 3.05) is 56.2 Å². The molecule has 2 saturated heterocycles. The summed E-state index contributed by atoms with van der Waals surface area (Å²) in [5.74, 6) is 2.26. The summed E-state index contributed by atoms with van der Waals surface area (Å²) in [4.78, 5) is 23.2. The molecule has 0 amide bonds. The summed E-state index contributed by atoms with van der Waals surface area (Å²) in [5, 5.41) is 9.84. The van der Waals surface area contributed by atoms with Gasteiger partial charge in [-0.2, -0.15) is 0 Å². The predicted octanol–water partition coefficient (Wildman–Crippen LogP) is 1.53. The zero-order valence-corrected chi connectivity index (χ0v) is 19.6. The highest BCUT2D eigenvalue weighted by molar-refractivity contribution is 5.89. The molecule has 2 aromatic heterocycles. The van der Waals surface area contributed by atoms with Crippen LogP contribution in [0, 0.1) is 0 Å². The van der Waals surface area contributed by atoms with Crippen LogP contribution >= 0.6 is 0 Å². The normalized spacial score (nSPS) is 17.7. The van der Waals surface area contributed by atoms with Crippen LogP contribution < -0.4 is 15.5 Å². The number of allylic oxidation sites excluding steroid dienone is 1. The Bertz CT molecular complexity index is 1240. The Balaban J connectivity index is 1.65. The SMILES string of the molecule is CCn1c(N2CC(O)C2)nc2c(N3CCOCC3)nc(-c3cccc(C(N)=CC=NC)c3)nc21. The van der Waals surface area contributed by atoms with Gasteiger partial charge in [0, 0.05) is 57.2 Å². The number of aliphatic hydroxyl groups excluding tert-OH is 1. The van der Waals surface area contributed by atoms with E-state index in [2.05, 4.69) is 26.3 Å². The summed E-state index contributed by atoms with van der Waals surface area (Å²) in [5.41, 5.74) is 10.2. The third kappa shape index (κ3) is 4.10. The van der Waals surface area contributed by atoms with Gasteiger partial charge in [-0.1, -0.05) is 18.2 Å². The van der Waals surface area contributed by atoms with Gasteiger partial charge in [-0.05, 0) is 24.6 Å². The van der Waals surface area contributed by atoms with E-state index >= 15 is 0 Å². The Hall–Kier alpha value is -3.50. The molecule has 0 saturated carbocycles. The number of hydrogen-bond donors (Lipinski definition) is 2. The molecule has 3 N–H and O–H groups in total. The van der Waals surface area contributed by atoms with Crippen molar-refractivity contribution >= 4 is 34.8 Å². The first-order valence-corrected chi connectivity index (χ1v) is 11.6. The number of aryl methyl sites for hydroxylation is 1. The summed E-state index contributed by atoms with van der Waals surface area (Å²) in [6.07, 6.45) is 3.14. The first-order chi connectivity index (χ1) is 16.6. The molecule has 4 heterocycles. The van der Waals surface area contributed by atoms with Crippen LogP contribution in [-0.2, 0) is 11.3 Å². The molecule has 2 aliphatic rings. The number of nitrogens with two attached hydrogens (primary N) is 1. The topological polar surface area (TPSA) is 118 Å². The van der Waals surface area contributed by atoms with Crippen molar-refractivity contribution < 1.29 is 9.84 Å². The van der Waals surface area contributed by atoms with Gasteiger partial charge in [-0.3, -0.25) is 9.56 Å². The molecule has 34 heavy (non-hydrogen) atoms. The standard InChI is InChI=1S/C24H30N8O2/c1-3-32-23-20(27-24(32)31-14-18(33)15-31)22(30-9-11-34-12-10-30)28-21(29-23)17-6-4-5-16(13-17)19(25)7-8-26-2/h4-8,13,18,33H,3,9-12,14-15,25H2,1-2H3. The first-order valence-electron chi connectivity index (χ1n) is 11.6. The van der Waals surface area contributed by atoms with Gasteiger partial charge >= 0.3 is 0 Å². The van der Waals surface area contributed by atoms with E-state index in [1.54, 1.807) is 19.3 Å². The number of ether oxygens (including phenoxy) is 1. The Morgan fingerprint density at radius 2 is 2.00 bits per heavy atom. The highest BCUT2D eigenvalue weighted by Crippen LogP contribution is 2.33. The maximum absolute atomic E-state index is 9.84. The van der Waals surface area contributed by atoms with E-state index in [4.69, 9.17) is 25.4 Å². The molecular formula is C24H30N8O2. The maximum atomic E-state index is 9.84. The number of rotatable bonds is 6. The molecule has 0 radical (unpaired) electrons. The minimum Gasteiger partial charge on any atom is -0.398 e. The molecule has 0 atom stereocenters. The fraction of sp³-hybridized carbons (Fsp3) is 0.417. The first kappa shape index (κ1) is 22.3. The number of imidazole rings is 1. The molecule has 0 spiro atoms. The largest absolute Gasteiger partial charge is 0.398 e. The summed E-state index contributed by atoms with van der Waals surface area (Å²) >= 11 is 0. The van der Waals surface area contributed by atoms with Gasteiger partial charge in [0.1, 0.15) is 0 Å². The summed E-state index contributed by atoms with van der Waals surface area (Å²) in [6.45, 7) is 6.73. The van der Waals surface area contributed by atoms with Crippen molar-refractivity contribution in [1.82, 2.24) is 19.5 Å². The van der Waals surface area contributed by atoms with E-state index in [9.17, 15) is 5.11 Å².